The zero-order chi connectivity index (χ0) is 19.4. The van der Waals surface area contributed by atoms with Crippen LogP contribution >= 0.6 is 34.8 Å². The van der Waals surface area contributed by atoms with Gasteiger partial charge in [-0.25, -0.2) is 0 Å². The van der Waals surface area contributed by atoms with Gasteiger partial charge in [-0.2, -0.15) is 0 Å². The molecule has 8 heteroatoms. The Morgan fingerprint density at radius 1 is 1.00 bits per heavy atom. The zero-order valence-electron chi connectivity index (χ0n) is 14.8. The van der Waals surface area contributed by atoms with Crippen molar-refractivity contribution < 1.29 is 14.3 Å². The summed E-state index contributed by atoms with van der Waals surface area (Å²) >= 11 is 17.9. The predicted molar refractivity (Wildman–Crippen MR) is 109 cm³/mol. The van der Waals surface area contributed by atoms with Crippen molar-refractivity contribution in [1.29, 1.82) is 0 Å². The van der Waals surface area contributed by atoms with Crippen molar-refractivity contribution in [1.82, 2.24) is 4.90 Å². The van der Waals surface area contributed by atoms with E-state index in [1.807, 2.05) is 24.3 Å². The number of benzene rings is 2. The Morgan fingerprint density at radius 2 is 1.70 bits per heavy atom. The minimum absolute atomic E-state index is 0.0950. The summed E-state index contributed by atoms with van der Waals surface area (Å²) in [5.41, 5.74) is 1.08. The van der Waals surface area contributed by atoms with Gasteiger partial charge in [-0.1, -0.05) is 40.9 Å². The van der Waals surface area contributed by atoms with E-state index in [-0.39, 0.29) is 12.5 Å². The van der Waals surface area contributed by atoms with Crippen LogP contribution in [0.1, 0.15) is 0 Å². The van der Waals surface area contributed by atoms with E-state index < -0.39 is 0 Å². The molecule has 0 spiro atoms. The number of piperazine rings is 1. The Bertz CT molecular complexity index is 824. The summed E-state index contributed by atoms with van der Waals surface area (Å²) in [7, 11) is 1.65. The van der Waals surface area contributed by atoms with Crippen LogP contribution in [0.4, 0.5) is 5.69 Å². The summed E-state index contributed by atoms with van der Waals surface area (Å²) in [4.78, 5) is 16.4. The first-order chi connectivity index (χ1) is 13.0. The predicted octanol–water partition coefficient (Wildman–Crippen LogP) is 4.38. The molecule has 0 radical (unpaired) electrons. The molecule has 0 unspecified atom stereocenters. The van der Waals surface area contributed by atoms with E-state index >= 15 is 0 Å². The lowest BCUT2D eigenvalue weighted by molar-refractivity contribution is -0.133. The average molecular weight is 430 g/mol. The van der Waals surface area contributed by atoms with Crippen molar-refractivity contribution in [2.75, 3.05) is 44.8 Å². The third-order valence-electron chi connectivity index (χ3n) is 4.38. The van der Waals surface area contributed by atoms with Gasteiger partial charge in [0.25, 0.3) is 5.91 Å². The molecule has 1 aliphatic heterocycles. The molecule has 2 aromatic rings. The number of amides is 1. The molecule has 1 amide bonds. The van der Waals surface area contributed by atoms with Crippen LogP contribution in [0.5, 0.6) is 11.5 Å². The molecule has 0 aliphatic carbocycles. The standard InChI is InChI=1S/C19H19Cl3N2O3/c1-26-14-4-2-3-13(9-14)23-5-7-24(8-6-23)19(25)12-27-18-11-16(21)15(20)10-17(18)22/h2-4,9-11H,5-8,12H2,1H3. The Kier molecular flexibility index (Phi) is 6.58. The van der Waals surface area contributed by atoms with Gasteiger partial charge < -0.3 is 19.3 Å². The highest BCUT2D eigenvalue weighted by Gasteiger charge is 2.22. The molecule has 5 nitrogen and oxygen atoms in total. The fourth-order valence-electron chi connectivity index (χ4n) is 2.87. The van der Waals surface area contributed by atoms with Crippen molar-refractivity contribution in [3.05, 3.63) is 51.5 Å². The summed E-state index contributed by atoms with van der Waals surface area (Å²) in [5, 5.41) is 0.990. The van der Waals surface area contributed by atoms with E-state index in [1.165, 1.54) is 12.1 Å². The molecule has 0 atom stereocenters. The van der Waals surface area contributed by atoms with Crippen LogP contribution in [0.25, 0.3) is 0 Å². The molecule has 0 aromatic heterocycles. The van der Waals surface area contributed by atoms with Crippen LogP contribution in [0.3, 0.4) is 0 Å². The maximum Gasteiger partial charge on any atom is 0.260 e. The Balaban J connectivity index is 1.53. The van der Waals surface area contributed by atoms with Gasteiger partial charge in [0.15, 0.2) is 6.61 Å². The van der Waals surface area contributed by atoms with Crippen molar-refractivity contribution in [2.45, 2.75) is 0 Å². The number of halogens is 3. The van der Waals surface area contributed by atoms with E-state index in [2.05, 4.69) is 4.90 Å². The first-order valence-corrected chi connectivity index (χ1v) is 9.55. The van der Waals surface area contributed by atoms with Gasteiger partial charge in [0.2, 0.25) is 0 Å². The zero-order valence-corrected chi connectivity index (χ0v) is 17.0. The van der Waals surface area contributed by atoms with Crippen LogP contribution < -0.4 is 14.4 Å². The van der Waals surface area contributed by atoms with E-state index in [0.717, 1.165) is 24.5 Å². The van der Waals surface area contributed by atoms with Crippen molar-refractivity contribution >= 4 is 46.4 Å². The number of rotatable bonds is 5. The molecule has 1 aliphatic rings. The molecule has 1 heterocycles. The Morgan fingerprint density at radius 3 is 2.41 bits per heavy atom. The first-order valence-electron chi connectivity index (χ1n) is 8.42. The van der Waals surface area contributed by atoms with Gasteiger partial charge in [-0.05, 0) is 18.2 Å². The number of carbonyl (C=O) groups is 1. The number of methoxy groups -OCH3 is 1. The number of hydrogen-bond acceptors (Lipinski definition) is 4. The lowest BCUT2D eigenvalue weighted by atomic mass is 10.2. The van der Waals surface area contributed by atoms with Crippen LogP contribution in [0.15, 0.2) is 36.4 Å². The topological polar surface area (TPSA) is 42.0 Å². The van der Waals surface area contributed by atoms with E-state index in [4.69, 9.17) is 44.3 Å². The van der Waals surface area contributed by atoms with Gasteiger partial charge in [-0.15, -0.1) is 0 Å². The molecule has 1 saturated heterocycles. The summed E-state index contributed by atoms with van der Waals surface area (Å²) in [6, 6.07) is 10.9. The molecular formula is C19H19Cl3N2O3. The molecule has 144 valence electrons. The highest BCUT2D eigenvalue weighted by Crippen LogP contribution is 2.33. The lowest BCUT2D eigenvalue weighted by Gasteiger charge is -2.36. The summed E-state index contributed by atoms with van der Waals surface area (Å²) < 4.78 is 10.8. The van der Waals surface area contributed by atoms with Crippen LogP contribution in [-0.2, 0) is 4.79 Å². The number of nitrogens with zero attached hydrogens (tertiary/aromatic N) is 2. The molecule has 27 heavy (non-hydrogen) atoms. The Labute approximate surface area is 173 Å². The summed E-state index contributed by atoms with van der Waals surface area (Å²) in [5.74, 6) is 1.06. The first kappa shape index (κ1) is 19.9. The maximum atomic E-state index is 12.4. The van der Waals surface area contributed by atoms with Gasteiger partial charge in [0.05, 0.1) is 22.2 Å². The second-order valence-corrected chi connectivity index (χ2v) is 7.28. The fraction of sp³-hybridized carbons (Fsp3) is 0.316. The van der Waals surface area contributed by atoms with Gasteiger partial charge in [-0.3, -0.25) is 4.79 Å². The van der Waals surface area contributed by atoms with Crippen LogP contribution in [-0.4, -0.2) is 50.7 Å². The maximum absolute atomic E-state index is 12.4. The van der Waals surface area contributed by atoms with Gasteiger partial charge in [0.1, 0.15) is 11.5 Å². The second kappa shape index (κ2) is 8.91. The van der Waals surface area contributed by atoms with E-state index in [1.54, 1.807) is 12.0 Å². The monoisotopic (exact) mass is 428 g/mol. The van der Waals surface area contributed by atoms with Crippen molar-refractivity contribution in [3.8, 4) is 11.5 Å². The van der Waals surface area contributed by atoms with Crippen LogP contribution in [0.2, 0.25) is 15.1 Å². The highest BCUT2D eigenvalue weighted by molar-refractivity contribution is 6.43. The molecule has 1 fully saturated rings. The van der Waals surface area contributed by atoms with Crippen molar-refractivity contribution in [2.24, 2.45) is 0 Å². The minimum Gasteiger partial charge on any atom is -0.497 e. The summed E-state index contributed by atoms with van der Waals surface area (Å²) in [6.07, 6.45) is 0. The Hall–Kier alpha value is -1.82. The van der Waals surface area contributed by atoms with E-state index in [0.29, 0.717) is 33.9 Å². The third kappa shape index (κ3) is 4.92. The molecular weight excluding hydrogens is 411 g/mol. The molecule has 3 rings (SSSR count). The summed E-state index contributed by atoms with van der Waals surface area (Å²) in [6.45, 7) is 2.62. The molecule has 0 N–H and O–H groups in total. The lowest BCUT2D eigenvalue weighted by Crippen LogP contribution is -2.50. The van der Waals surface area contributed by atoms with E-state index in [9.17, 15) is 4.79 Å². The highest BCUT2D eigenvalue weighted by atomic mass is 35.5. The van der Waals surface area contributed by atoms with Crippen LogP contribution in [0, 0.1) is 0 Å². The minimum atomic E-state index is -0.100. The quantitative estimate of drug-likeness (QED) is 0.661. The van der Waals surface area contributed by atoms with Crippen molar-refractivity contribution in [3.63, 3.8) is 0 Å². The fourth-order valence-corrected chi connectivity index (χ4v) is 3.46. The molecule has 0 bridgehead atoms. The number of carbonyl (C=O) groups excluding carboxylic acids is 1. The number of hydrogen-bond donors (Lipinski definition) is 0. The van der Waals surface area contributed by atoms with Gasteiger partial charge >= 0.3 is 0 Å². The number of anilines is 1. The molecule has 0 saturated carbocycles. The second-order valence-electron chi connectivity index (χ2n) is 6.05. The largest absolute Gasteiger partial charge is 0.497 e. The smallest absolute Gasteiger partial charge is 0.260 e. The third-order valence-corrected chi connectivity index (χ3v) is 5.39. The normalized spacial score (nSPS) is 14.2. The average Bonchev–Trinajstić information content (AvgIpc) is 2.69. The SMILES string of the molecule is COc1cccc(N2CCN(C(=O)COc3cc(Cl)c(Cl)cc3Cl)CC2)c1. The van der Waals surface area contributed by atoms with Gasteiger partial charge in [0, 0.05) is 44.0 Å². The molecule has 2 aromatic carbocycles. The number of ether oxygens (including phenoxy) is 2.